The smallest absolute Gasteiger partial charge is 0.308 e. The largest absolute Gasteiger partial charge is 0.494 e. The van der Waals surface area contributed by atoms with Crippen LogP contribution >= 0.6 is 0 Å². The van der Waals surface area contributed by atoms with Crippen LogP contribution in [0.1, 0.15) is 51.4 Å². The van der Waals surface area contributed by atoms with Gasteiger partial charge in [-0.05, 0) is 25.0 Å². The molecule has 0 amide bonds. The summed E-state index contributed by atoms with van der Waals surface area (Å²) in [6.07, 6.45) is 6.85. The number of carbonyl (C=O) groups excluding carboxylic acids is 1. The van der Waals surface area contributed by atoms with Crippen LogP contribution in [0.3, 0.4) is 0 Å². The quantitative estimate of drug-likeness (QED) is 0.472. The van der Waals surface area contributed by atoms with E-state index >= 15 is 0 Å². The van der Waals surface area contributed by atoms with Crippen molar-refractivity contribution in [1.82, 2.24) is 0 Å². The second kappa shape index (κ2) is 12.0. The van der Waals surface area contributed by atoms with Gasteiger partial charge in [0.15, 0.2) is 0 Å². The fraction of sp³-hybridized carbons (Fsp3) is 0.611. The monoisotopic (exact) mass is 308 g/mol. The maximum absolute atomic E-state index is 11.0. The highest BCUT2D eigenvalue weighted by atomic mass is 16.5. The highest BCUT2D eigenvalue weighted by molar-refractivity contribution is 5.69. The van der Waals surface area contributed by atoms with E-state index in [0.717, 1.165) is 44.5 Å². The first-order valence-corrected chi connectivity index (χ1v) is 8.15. The molecule has 0 spiro atoms. The number of methoxy groups -OCH3 is 1. The van der Waals surface area contributed by atoms with E-state index in [1.54, 1.807) is 0 Å². The van der Waals surface area contributed by atoms with Gasteiger partial charge < -0.3 is 14.6 Å². The van der Waals surface area contributed by atoms with Crippen molar-refractivity contribution in [2.45, 2.75) is 57.5 Å². The third-order valence-corrected chi connectivity index (χ3v) is 3.57. The van der Waals surface area contributed by atoms with Crippen molar-refractivity contribution in [3.63, 3.8) is 0 Å². The van der Waals surface area contributed by atoms with E-state index in [9.17, 15) is 9.90 Å². The first-order valence-electron chi connectivity index (χ1n) is 8.15. The van der Waals surface area contributed by atoms with Crippen molar-refractivity contribution < 1.29 is 19.4 Å². The molecule has 0 saturated heterocycles. The van der Waals surface area contributed by atoms with Crippen molar-refractivity contribution >= 4 is 5.97 Å². The van der Waals surface area contributed by atoms with Gasteiger partial charge in [0, 0.05) is 0 Å². The minimum Gasteiger partial charge on any atom is -0.494 e. The lowest BCUT2D eigenvalue weighted by Crippen LogP contribution is -2.14. The average molecular weight is 308 g/mol. The number of rotatable bonds is 12. The van der Waals surface area contributed by atoms with Crippen LogP contribution in [-0.4, -0.2) is 30.9 Å². The lowest BCUT2D eigenvalue weighted by molar-refractivity contribution is -0.142. The zero-order chi connectivity index (χ0) is 16.0. The van der Waals surface area contributed by atoms with Gasteiger partial charge in [-0.25, -0.2) is 0 Å². The minimum absolute atomic E-state index is 0.104. The molecule has 1 N–H and O–H groups in total. The van der Waals surface area contributed by atoms with E-state index in [0.29, 0.717) is 6.42 Å². The molecule has 0 aromatic heterocycles. The second-order valence-corrected chi connectivity index (χ2v) is 5.51. The van der Waals surface area contributed by atoms with Gasteiger partial charge in [0.25, 0.3) is 0 Å². The number of aliphatic hydroxyl groups is 1. The molecule has 0 aliphatic carbocycles. The molecule has 0 bridgehead atoms. The van der Waals surface area contributed by atoms with Gasteiger partial charge in [0.1, 0.15) is 5.75 Å². The molecule has 124 valence electrons. The number of benzene rings is 1. The Bertz CT molecular complexity index is 391. The van der Waals surface area contributed by atoms with E-state index in [4.69, 9.17) is 4.74 Å². The molecule has 0 aliphatic rings. The van der Waals surface area contributed by atoms with Crippen LogP contribution in [0.5, 0.6) is 5.75 Å². The van der Waals surface area contributed by atoms with Gasteiger partial charge in [-0.1, -0.05) is 50.3 Å². The SMILES string of the molecule is COC(=O)CC(O)CCCCCCCCOc1ccccc1. The minimum atomic E-state index is -0.563. The zero-order valence-electron chi connectivity index (χ0n) is 13.5. The summed E-state index contributed by atoms with van der Waals surface area (Å²) in [4.78, 5) is 11.0. The van der Waals surface area contributed by atoms with Crippen molar-refractivity contribution in [3.05, 3.63) is 30.3 Å². The molecule has 0 saturated carbocycles. The molecule has 22 heavy (non-hydrogen) atoms. The highest BCUT2D eigenvalue weighted by Gasteiger charge is 2.10. The van der Waals surface area contributed by atoms with Gasteiger partial charge in [0.05, 0.1) is 26.2 Å². The summed E-state index contributed by atoms with van der Waals surface area (Å²) in [5.74, 6) is 0.591. The van der Waals surface area contributed by atoms with Gasteiger partial charge in [0.2, 0.25) is 0 Å². The van der Waals surface area contributed by atoms with Crippen molar-refractivity contribution in [3.8, 4) is 5.75 Å². The number of hydrogen-bond donors (Lipinski definition) is 1. The Labute approximate surface area is 133 Å². The molecular weight excluding hydrogens is 280 g/mol. The molecule has 4 heteroatoms. The molecule has 1 aromatic carbocycles. The third-order valence-electron chi connectivity index (χ3n) is 3.57. The molecular formula is C18H28O4. The Hall–Kier alpha value is -1.55. The van der Waals surface area contributed by atoms with Crippen LogP contribution in [0.4, 0.5) is 0 Å². The second-order valence-electron chi connectivity index (χ2n) is 5.51. The van der Waals surface area contributed by atoms with Crippen LogP contribution in [0, 0.1) is 0 Å². The molecule has 1 aromatic rings. The van der Waals surface area contributed by atoms with E-state index in [-0.39, 0.29) is 12.4 Å². The van der Waals surface area contributed by atoms with Crippen LogP contribution in [0.15, 0.2) is 30.3 Å². The molecule has 0 radical (unpaired) electrons. The van der Waals surface area contributed by atoms with Gasteiger partial charge in [-0.2, -0.15) is 0 Å². The number of hydrogen-bond acceptors (Lipinski definition) is 4. The van der Waals surface area contributed by atoms with Gasteiger partial charge in [-0.3, -0.25) is 4.79 Å². The fourth-order valence-corrected chi connectivity index (χ4v) is 2.27. The summed E-state index contributed by atoms with van der Waals surface area (Å²) in [5, 5.41) is 9.61. The summed E-state index contributed by atoms with van der Waals surface area (Å²) in [6.45, 7) is 0.766. The summed E-state index contributed by atoms with van der Waals surface area (Å²) in [7, 11) is 1.34. The summed E-state index contributed by atoms with van der Waals surface area (Å²) in [6, 6.07) is 9.88. The Balaban J connectivity index is 1.86. The Kier molecular flexibility index (Phi) is 10.1. The van der Waals surface area contributed by atoms with Crippen LogP contribution < -0.4 is 4.74 Å². The van der Waals surface area contributed by atoms with Crippen LogP contribution in [0.25, 0.3) is 0 Å². The number of unbranched alkanes of at least 4 members (excludes halogenated alkanes) is 5. The fourth-order valence-electron chi connectivity index (χ4n) is 2.27. The predicted octanol–water partition coefficient (Wildman–Crippen LogP) is 3.72. The van der Waals surface area contributed by atoms with Gasteiger partial charge >= 0.3 is 5.97 Å². The van der Waals surface area contributed by atoms with Gasteiger partial charge in [-0.15, -0.1) is 0 Å². The Morgan fingerprint density at radius 2 is 1.68 bits per heavy atom. The Morgan fingerprint density at radius 1 is 1.05 bits per heavy atom. The first kappa shape index (κ1) is 18.5. The highest BCUT2D eigenvalue weighted by Crippen LogP contribution is 2.12. The molecule has 0 fully saturated rings. The summed E-state index contributed by atoms with van der Waals surface area (Å²) in [5.41, 5.74) is 0. The topological polar surface area (TPSA) is 55.8 Å². The standard InChI is InChI=1S/C18H28O4/c1-21-18(20)15-16(19)11-7-4-2-3-5-10-14-22-17-12-8-6-9-13-17/h6,8-9,12-13,16,19H,2-5,7,10-11,14-15H2,1H3. The van der Waals surface area contributed by atoms with Crippen LogP contribution in [-0.2, 0) is 9.53 Å². The maximum atomic E-state index is 11.0. The lowest BCUT2D eigenvalue weighted by atomic mass is 10.1. The third kappa shape index (κ3) is 9.40. The number of para-hydroxylation sites is 1. The lowest BCUT2D eigenvalue weighted by Gasteiger charge is -2.09. The van der Waals surface area contributed by atoms with Crippen molar-refractivity contribution in [2.75, 3.05) is 13.7 Å². The maximum Gasteiger partial charge on any atom is 0.308 e. The molecule has 1 unspecified atom stereocenters. The summed E-state index contributed by atoms with van der Waals surface area (Å²) < 4.78 is 10.2. The zero-order valence-corrected chi connectivity index (χ0v) is 13.5. The normalized spacial score (nSPS) is 11.9. The number of ether oxygens (including phenoxy) is 2. The molecule has 1 atom stereocenters. The van der Waals surface area contributed by atoms with E-state index in [1.807, 2.05) is 30.3 Å². The molecule has 0 aliphatic heterocycles. The van der Waals surface area contributed by atoms with E-state index in [1.165, 1.54) is 13.5 Å². The number of carbonyl (C=O) groups is 1. The van der Waals surface area contributed by atoms with Crippen molar-refractivity contribution in [1.29, 1.82) is 0 Å². The van der Waals surface area contributed by atoms with E-state index < -0.39 is 6.10 Å². The Morgan fingerprint density at radius 3 is 2.36 bits per heavy atom. The van der Waals surface area contributed by atoms with Crippen molar-refractivity contribution in [2.24, 2.45) is 0 Å². The molecule has 4 nitrogen and oxygen atoms in total. The van der Waals surface area contributed by atoms with E-state index in [2.05, 4.69) is 4.74 Å². The molecule has 1 rings (SSSR count). The number of esters is 1. The summed E-state index contributed by atoms with van der Waals surface area (Å²) >= 11 is 0. The van der Waals surface area contributed by atoms with Crippen LogP contribution in [0.2, 0.25) is 0 Å². The molecule has 0 heterocycles. The number of aliphatic hydroxyl groups excluding tert-OH is 1. The average Bonchev–Trinajstić information content (AvgIpc) is 2.54. The predicted molar refractivity (Wildman–Crippen MR) is 86.9 cm³/mol. The first-order chi connectivity index (χ1) is 10.7.